The monoisotopic (exact) mass is 291 g/mol. The smallest absolute Gasteiger partial charge is 0.308 e. The lowest BCUT2D eigenvalue weighted by molar-refractivity contribution is -0.144. The summed E-state index contributed by atoms with van der Waals surface area (Å²) in [7, 11) is 1.59. The number of carboxylic acid groups (broad SMARTS) is 1. The molecule has 114 valence electrons. The van der Waals surface area contributed by atoms with Crippen molar-refractivity contribution in [2.45, 2.75) is 38.1 Å². The van der Waals surface area contributed by atoms with Crippen LogP contribution in [-0.2, 0) is 16.0 Å². The SMILES string of the molecule is COc1ccc(CC(=O)NC2CCCCC2C(=O)O)cc1. The minimum atomic E-state index is -0.815. The van der Waals surface area contributed by atoms with Gasteiger partial charge in [-0.05, 0) is 30.5 Å². The molecule has 1 saturated carbocycles. The second kappa shape index (κ2) is 7.11. The Morgan fingerprint density at radius 2 is 1.90 bits per heavy atom. The molecule has 21 heavy (non-hydrogen) atoms. The molecule has 2 N–H and O–H groups in total. The van der Waals surface area contributed by atoms with Crippen LogP contribution in [-0.4, -0.2) is 30.1 Å². The number of methoxy groups -OCH3 is 1. The summed E-state index contributed by atoms with van der Waals surface area (Å²) >= 11 is 0. The highest BCUT2D eigenvalue weighted by molar-refractivity contribution is 5.80. The van der Waals surface area contributed by atoms with Crippen LogP contribution in [0.15, 0.2) is 24.3 Å². The van der Waals surface area contributed by atoms with E-state index in [1.807, 2.05) is 24.3 Å². The van der Waals surface area contributed by atoms with Gasteiger partial charge >= 0.3 is 5.97 Å². The van der Waals surface area contributed by atoms with E-state index in [4.69, 9.17) is 4.74 Å². The fourth-order valence-corrected chi connectivity index (χ4v) is 2.79. The molecule has 0 aromatic heterocycles. The predicted octanol–water partition coefficient (Wildman–Crippen LogP) is 2.00. The molecule has 1 aromatic carbocycles. The Kier molecular flexibility index (Phi) is 5.20. The van der Waals surface area contributed by atoms with Gasteiger partial charge in [0.05, 0.1) is 19.4 Å². The molecule has 0 saturated heterocycles. The van der Waals surface area contributed by atoms with Gasteiger partial charge in [-0.1, -0.05) is 25.0 Å². The first kappa shape index (κ1) is 15.4. The molecule has 1 fully saturated rings. The predicted molar refractivity (Wildman–Crippen MR) is 78.2 cm³/mol. The van der Waals surface area contributed by atoms with Gasteiger partial charge in [0.1, 0.15) is 5.75 Å². The average molecular weight is 291 g/mol. The van der Waals surface area contributed by atoms with Gasteiger partial charge in [-0.2, -0.15) is 0 Å². The lowest BCUT2D eigenvalue weighted by Crippen LogP contribution is -2.45. The van der Waals surface area contributed by atoms with Crippen LogP contribution >= 0.6 is 0 Å². The van der Waals surface area contributed by atoms with Crippen molar-refractivity contribution in [3.63, 3.8) is 0 Å². The van der Waals surface area contributed by atoms with E-state index in [2.05, 4.69) is 5.32 Å². The van der Waals surface area contributed by atoms with E-state index in [1.54, 1.807) is 7.11 Å². The van der Waals surface area contributed by atoms with Crippen molar-refractivity contribution >= 4 is 11.9 Å². The number of amides is 1. The third kappa shape index (κ3) is 4.21. The first-order chi connectivity index (χ1) is 10.1. The largest absolute Gasteiger partial charge is 0.497 e. The van der Waals surface area contributed by atoms with Crippen molar-refractivity contribution in [1.29, 1.82) is 0 Å². The number of hydrogen-bond acceptors (Lipinski definition) is 3. The molecule has 0 spiro atoms. The van der Waals surface area contributed by atoms with Crippen molar-refractivity contribution in [3.05, 3.63) is 29.8 Å². The molecule has 2 unspecified atom stereocenters. The first-order valence-corrected chi connectivity index (χ1v) is 7.25. The number of carboxylic acids is 1. The number of ether oxygens (including phenoxy) is 1. The number of rotatable bonds is 5. The zero-order chi connectivity index (χ0) is 15.2. The highest BCUT2D eigenvalue weighted by Crippen LogP contribution is 2.24. The summed E-state index contributed by atoms with van der Waals surface area (Å²) in [6.45, 7) is 0. The standard InChI is InChI=1S/C16H21NO4/c1-21-12-8-6-11(7-9-12)10-15(18)17-14-5-3-2-4-13(14)16(19)20/h6-9,13-14H,2-5,10H2,1H3,(H,17,18)(H,19,20). The fourth-order valence-electron chi connectivity index (χ4n) is 2.79. The fraction of sp³-hybridized carbons (Fsp3) is 0.500. The van der Waals surface area contributed by atoms with Gasteiger partial charge in [0.25, 0.3) is 0 Å². The zero-order valence-electron chi connectivity index (χ0n) is 12.2. The summed E-state index contributed by atoms with van der Waals surface area (Å²) < 4.78 is 5.07. The van der Waals surface area contributed by atoms with E-state index in [1.165, 1.54) is 0 Å². The van der Waals surface area contributed by atoms with Crippen LogP contribution in [0.5, 0.6) is 5.75 Å². The van der Waals surface area contributed by atoms with Crippen molar-refractivity contribution < 1.29 is 19.4 Å². The Morgan fingerprint density at radius 1 is 1.24 bits per heavy atom. The summed E-state index contributed by atoms with van der Waals surface area (Å²) in [4.78, 5) is 23.3. The van der Waals surface area contributed by atoms with Crippen LogP contribution in [0.2, 0.25) is 0 Å². The maximum Gasteiger partial charge on any atom is 0.308 e. The number of benzene rings is 1. The normalized spacial score (nSPS) is 21.6. The van der Waals surface area contributed by atoms with Gasteiger partial charge in [0, 0.05) is 6.04 Å². The average Bonchev–Trinajstić information content (AvgIpc) is 2.48. The summed E-state index contributed by atoms with van der Waals surface area (Å²) in [6, 6.07) is 7.05. The van der Waals surface area contributed by atoms with Gasteiger partial charge in [0.15, 0.2) is 0 Å². The molecular formula is C16H21NO4. The Balaban J connectivity index is 1.92. The maximum absolute atomic E-state index is 12.1. The van der Waals surface area contributed by atoms with Crippen LogP contribution < -0.4 is 10.1 Å². The van der Waals surface area contributed by atoms with Gasteiger partial charge in [-0.15, -0.1) is 0 Å². The second-order valence-corrected chi connectivity index (χ2v) is 5.43. The molecule has 1 aromatic rings. The third-order valence-electron chi connectivity index (χ3n) is 3.95. The number of carbonyl (C=O) groups excluding carboxylic acids is 1. The lowest BCUT2D eigenvalue weighted by Gasteiger charge is -2.29. The van der Waals surface area contributed by atoms with E-state index in [9.17, 15) is 14.7 Å². The van der Waals surface area contributed by atoms with E-state index < -0.39 is 11.9 Å². The minimum Gasteiger partial charge on any atom is -0.497 e. The quantitative estimate of drug-likeness (QED) is 0.870. The Morgan fingerprint density at radius 3 is 2.52 bits per heavy atom. The highest BCUT2D eigenvalue weighted by atomic mass is 16.5. The molecule has 0 bridgehead atoms. The topological polar surface area (TPSA) is 75.6 Å². The Hall–Kier alpha value is -2.04. The number of aliphatic carboxylic acids is 1. The van der Waals surface area contributed by atoms with Crippen LogP contribution in [0, 0.1) is 5.92 Å². The van der Waals surface area contributed by atoms with Crippen molar-refractivity contribution in [3.8, 4) is 5.75 Å². The Labute approximate surface area is 124 Å². The number of carbonyl (C=O) groups is 2. The maximum atomic E-state index is 12.1. The summed E-state index contributed by atoms with van der Waals surface area (Å²) in [6.07, 6.45) is 3.53. The molecule has 0 heterocycles. The van der Waals surface area contributed by atoms with Crippen LogP contribution in [0.3, 0.4) is 0 Å². The summed E-state index contributed by atoms with van der Waals surface area (Å²) in [5, 5.41) is 12.1. The molecule has 1 amide bonds. The number of nitrogens with one attached hydrogen (secondary N) is 1. The summed E-state index contributed by atoms with van der Waals surface area (Å²) in [5.74, 6) is -0.654. The Bertz CT molecular complexity index is 498. The first-order valence-electron chi connectivity index (χ1n) is 7.25. The lowest BCUT2D eigenvalue weighted by atomic mass is 9.84. The molecule has 2 rings (SSSR count). The van der Waals surface area contributed by atoms with Gasteiger partial charge in [-0.3, -0.25) is 9.59 Å². The molecular weight excluding hydrogens is 270 g/mol. The van der Waals surface area contributed by atoms with E-state index in [0.29, 0.717) is 6.42 Å². The van der Waals surface area contributed by atoms with Crippen molar-refractivity contribution in [2.24, 2.45) is 5.92 Å². The van der Waals surface area contributed by atoms with E-state index in [0.717, 1.165) is 30.6 Å². The molecule has 2 atom stereocenters. The van der Waals surface area contributed by atoms with Crippen LogP contribution in [0.4, 0.5) is 0 Å². The van der Waals surface area contributed by atoms with Crippen LogP contribution in [0.1, 0.15) is 31.2 Å². The van der Waals surface area contributed by atoms with Gasteiger partial charge in [0.2, 0.25) is 5.91 Å². The molecule has 0 radical (unpaired) electrons. The molecule has 0 aliphatic heterocycles. The number of hydrogen-bond donors (Lipinski definition) is 2. The third-order valence-corrected chi connectivity index (χ3v) is 3.95. The van der Waals surface area contributed by atoms with Crippen molar-refractivity contribution in [1.82, 2.24) is 5.32 Å². The zero-order valence-corrected chi connectivity index (χ0v) is 12.2. The van der Waals surface area contributed by atoms with Gasteiger partial charge < -0.3 is 15.2 Å². The van der Waals surface area contributed by atoms with Gasteiger partial charge in [-0.25, -0.2) is 0 Å². The molecule has 1 aliphatic rings. The van der Waals surface area contributed by atoms with E-state index >= 15 is 0 Å². The molecule has 5 heteroatoms. The molecule has 1 aliphatic carbocycles. The minimum absolute atomic E-state index is 0.127. The summed E-state index contributed by atoms with van der Waals surface area (Å²) in [5.41, 5.74) is 0.885. The highest BCUT2D eigenvalue weighted by Gasteiger charge is 2.31. The molecule has 5 nitrogen and oxygen atoms in total. The van der Waals surface area contributed by atoms with E-state index in [-0.39, 0.29) is 18.4 Å². The van der Waals surface area contributed by atoms with Crippen molar-refractivity contribution in [2.75, 3.05) is 7.11 Å². The second-order valence-electron chi connectivity index (χ2n) is 5.43. The van der Waals surface area contributed by atoms with Crippen LogP contribution in [0.25, 0.3) is 0 Å².